The number of esters is 1. The third-order valence-corrected chi connectivity index (χ3v) is 6.37. The number of nitrogens with zero attached hydrogens (tertiary/aromatic N) is 1. The van der Waals surface area contributed by atoms with Gasteiger partial charge in [-0.25, -0.2) is 4.79 Å². The SMILES string of the molecule is COC(=O)c1ccc(N2C(=O)C(O)=C(C(=O)c3cc4cc(Cl)ccc4o3)C2c2cccc(OC)c2)cc1. The van der Waals surface area contributed by atoms with Crippen molar-refractivity contribution in [2.24, 2.45) is 0 Å². The van der Waals surface area contributed by atoms with Gasteiger partial charge in [-0.05, 0) is 66.2 Å². The molecular formula is C28H20ClNO7. The zero-order valence-corrected chi connectivity index (χ0v) is 20.5. The second kappa shape index (κ2) is 9.48. The number of ether oxygens (including phenoxy) is 2. The van der Waals surface area contributed by atoms with E-state index in [-0.39, 0.29) is 16.9 Å². The molecule has 186 valence electrons. The molecule has 3 aromatic carbocycles. The Bertz CT molecular complexity index is 1590. The number of fused-ring (bicyclic) bond motifs is 1. The Morgan fingerprint density at radius 1 is 1.00 bits per heavy atom. The molecule has 0 saturated carbocycles. The van der Waals surface area contributed by atoms with Crippen molar-refractivity contribution in [3.8, 4) is 5.75 Å². The lowest BCUT2D eigenvalue weighted by atomic mass is 9.94. The van der Waals surface area contributed by atoms with Gasteiger partial charge in [0.1, 0.15) is 11.3 Å². The molecule has 8 nitrogen and oxygen atoms in total. The smallest absolute Gasteiger partial charge is 0.337 e. The Morgan fingerprint density at radius 2 is 1.76 bits per heavy atom. The number of halogens is 1. The minimum atomic E-state index is -1.00. The van der Waals surface area contributed by atoms with Gasteiger partial charge in [-0.2, -0.15) is 0 Å². The second-order valence-electron chi connectivity index (χ2n) is 8.28. The van der Waals surface area contributed by atoms with E-state index in [0.29, 0.717) is 33.0 Å². The second-order valence-corrected chi connectivity index (χ2v) is 8.71. The molecule has 1 unspecified atom stereocenters. The van der Waals surface area contributed by atoms with E-state index in [1.807, 2.05) is 0 Å². The number of methoxy groups -OCH3 is 2. The minimum absolute atomic E-state index is 0.0533. The van der Waals surface area contributed by atoms with Crippen LogP contribution in [0.4, 0.5) is 5.69 Å². The van der Waals surface area contributed by atoms with Crippen LogP contribution >= 0.6 is 11.6 Å². The zero-order chi connectivity index (χ0) is 26.3. The van der Waals surface area contributed by atoms with Gasteiger partial charge in [0.05, 0.1) is 31.4 Å². The van der Waals surface area contributed by atoms with E-state index in [4.69, 9.17) is 25.5 Å². The molecule has 1 aromatic heterocycles. The molecule has 1 N–H and O–H groups in total. The number of furan rings is 1. The number of carbonyl (C=O) groups is 3. The quantitative estimate of drug-likeness (QED) is 0.259. The summed E-state index contributed by atoms with van der Waals surface area (Å²) >= 11 is 6.07. The normalized spacial score (nSPS) is 15.4. The lowest BCUT2D eigenvalue weighted by Crippen LogP contribution is -2.31. The molecule has 4 aromatic rings. The van der Waals surface area contributed by atoms with Crippen LogP contribution in [0, 0.1) is 0 Å². The predicted octanol–water partition coefficient (Wildman–Crippen LogP) is 5.66. The number of anilines is 1. The van der Waals surface area contributed by atoms with Crippen LogP contribution in [0.2, 0.25) is 5.02 Å². The summed E-state index contributed by atoms with van der Waals surface area (Å²) in [5.41, 5.74) is 1.45. The number of amides is 1. The molecule has 0 radical (unpaired) electrons. The number of aliphatic hydroxyl groups excluding tert-OH is 1. The summed E-state index contributed by atoms with van der Waals surface area (Å²) in [6.45, 7) is 0. The van der Waals surface area contributed by atoms with Gasteiger partial charge in [0, 0.05) is 16.1 Å². The van der Waals surface area contributed by atoms with Crippen molar-refractivity contribution in [2.75, 3.05) is 19.1 Å². The highest BCUT2D eigenvalue weighted by Gasteiger charge is 2.45. The topological polar surface area (TPSA) is 106 Å². The van der Waals surface area contributed by atoms with E-state index in [0.717, 1.165) is 0 Å². The molecule has 9 heteroatoms. The fourth-order valence-electron chi connectivity index (χ4n) is 4.37. The Labute approximate surface area is 216 Å². The van der Waals surface area contributed by atoms with Crippen molar-refractivity contribution in [3.63, 3.8) is 0 Å². The molecular weight excluding hydrogens is 498 g/mol. The first-order valence-corrected chi connectivity index (χ1v) is 11.5. The molecule has 0 bridgehead atoms. The van der Waals surface area contributed by atoms with Crippen molar-refractivity contribution in [1.82, 2.24) is 0 Å². The molecule has 5 rings (SSSR count). The molecule has 1 aliphatic heterocycles. The van der Waals surface area contributed by atoms with Gasteiger partial charge in [-0.1, -0.05) is 23.7 Å². The Hall–Kier alpha value is -4.56. The number of aliphatic hydroxyl groups is 1. The summed E-state index contributed by atoms with van der Waals surface area (Å²) in [5, 5.41) is 12.1. The number of carbonyl (C=O) groups excluding carboxylic acids is 3. The number of hydrogen-bond acceptors (Lipinski definition) is 7. The van der Waals surface area contributed by atoms with Gasteiger partial charge in [0.15, 0.2) is 11.5 Å². The summed E-state index contributed by atoms with van der Waals surface area (Å²) < 4.78 is 15.8. The van der Waals surface area contributed by atoms with Crippen molar-refractivity contribution < 1.29 is 33.4 Å². The van der Waals surface area contributed by atoms with Crippen molar-refractivity contribution in [1.29, 1.82) is 0 Å². The van der Waals surface area contributed by atoms with Crippen LogP contribution in [0.5, 0.6) is 5.75 Å². The highest BCUT2D eigenvalue weighted by molar-refractivity contribution is 6.31. The first kappa shape index (κ1) is 24.1. The third kappa shape index (κ3) is 4.21. The molecule has 0 spiro atoms. The maximum atomic E-state index is 13.7. The first-order chi connectivity index (χ1) is 17.8. The monoisotopic (exact) mass is 517 g/mol. The summed E-state index contributed by atoms with van der Waals surface area (Å²) in [5.74, 6) is -2.22. The largest absolute Gasteiger partial charge is 0.503 e. The maximum absolute atomic E-state index is 13.7. The van der Waals surface area contributed by atoms with Gasteiger partial charge in [0.2, 0.25) is 5.78 Å². The molecule has 0 aliphatic carbocycles. The molecule has 2 heterocycles. The van der Waals surface area contributed by atoms with Crippen LogP contribution in [0.3, 0.4) is 0 Å². The number of ketones is 1. The lowest BCUT2D eigenvalue weighted by Gasteiger charge is -2.27. The number of benzene rings is 3. The van der Waals surface area contributed by atoms with E-state index in [1.54, 1.807) is 54.6 Å². The standard InChI is InChI=1S/C28H20ClNO7/c1-35-20-5-3-4-16(13-20)24-23(25(31)22-14-17-12-18(29)8-11-21(17)37-22)26(32)27(33)30(24)19-9-6-15(7-10-19)28(34)36-2/h3-14,24,32H,1-2H3. The van der Waals surface area contributed by atoms with Crippen LogP contribution in [0.15, 0.2) is 88.5 Å². The van der Waals surface area contributed by atoms with E-state index >= 15 is 0 Å². The third-order valence-electron chi connectivity index (χ3n) is 6.13. The Morgan fingerprint density at radius 3 is 2.46 bits per heavy atom. The average Bonchev–Trinajstić information content (AvgIpc) is 3.46. The number of hydrogen-bond donors (Lipinski definition) is 1. The van der Waals surface area contributed by atoms with E-state index < -0.39 is 29.5 Å². The average molecular weight is 518 g/mol. The first-order valence-electron chi connectivity index (χ1n) is 11.1. The summed E-state index contributed by atoms with van der Waals surface area (Å²) in [7, 11) is 2.77. The van der Waals surface area contributed by atoms with Gasteiger partial charge in [-0.15, -0.1) is 0 Å². The molecule has 37 heavy (non-hydrogen) atoms. The maximum Gasteiger partial charge on any atom is 0.337 e. The van der Waals surface area contributed by atoms with Crippen LogP contribution in [-0.4, -0.2) is 37.0 Å². The van der Waals surface area contributed by atoms with E-state index in [9.17, 15) is 19.5 Å². The minimum Gasteiger partial charge on any atom is -0.503 e. The number of rotatable bonds is 6. The molecule has 0 saturated heterocycles. The van der Waals surface area contributed by atoms with Crippen LogP contribution in [0.1, 0.15) is 32.5 Å². The fraction of sp³-hybridized carbons (Fsp3) is 0.107. The van der Waals surface area contributed by atoms with Crippen LogP contribution < -0.4 is 9.64 Å². The molecule has 1 atom stereocenters. The summed E-state index contributed by atoms with van der Waals surface area (Å²) in [4.78, 5) is 40.3. The molecule has 1 aliphatic rings. The predicted molar refractivity (Wildman–Crippen MR) is 136 cm³/mol. The Kier molecular flexibility index (Phi) is 6.19. The fourth-order valence-corrected chi connectivity index (χ4v) is 4.55. The van der Waals surface area contributed by atoms with Crippen LogP contribution in [-0.2, 0) is 9.53 Å². The van der Waals surface area contributed by atoms with Gasteiger partial charge in [-0.3, -0.25) is 14.5 Å². The van der Waals surface area contributed by atoms with Crippen molar-refractivity contribution in [2.45, 2.75) is 6.04 Å². The van der Waals surface area contributed by atoms with E-state index in [1.165, 1.54) is 37.3 Å². The molecule has 1 amide bonds. The number of Topliss-reactive ketones (excluding diaryl/α,β-unsaturated/α-hetero) is 1. The van der Waals surface area contributed by atoms with Gasteiger partial charge < -0.3 is 19.0 Å². The Balaban J connectivity index is 1.63. The highest BCUT2D eigenvalue weighted by atomic mass is 35.5. The van der Waals surface area contributed by atoms with Crippen molar-refractivity contribution >= 4 is 45.9 Å². The van der Waals surface area contributed by atoms with Crippen LogP contribution in [0.25, 0.3) is 11.0 Å². The van der Waals surface area contributed by atoms with E-state index in [2.05, 4.69) is 0 Å². The lowest BCUT2D eigenvalue weighted by molar-refractivity contribution is -0.117. The van der Waals surface area contributed by atoms with Crippen molar-refractivity contribution in [3.05, 3.63) is 106 Å². The molecule has 0 fully saturated rings. The highest BCUT2D eigenvalue weighted by Crippen LogP contribution is 2.43. The van der Waals surface area contributed by atoms with Gasteiger partial charge >= 0.3 is 5.97 Å². The van der Waals surface area contributed by atoms with Gasteiger partial charge in [0.25, 0.3) is 5.91 Å². The summed E-state index contributed by atoms with van der Waals surface area (Å²) in [6, 6.07) is 18.4. The zero-order valence-electron chi connectivity index (χ0n) is 19.7. The summed E-state index contributed by atoms with van der Waals surface area (Å²) in [6.07, 6.45) is 0.